The van der Waals surface area contributed by atoms with Crippen molar-refractivity contribution < 1.29 is 34.1 Å². The van der Waals surface area contributed by atoms with Crippen LogP contribution in [0.2, 0.25) is 0 Å². The normalized spacial score (nSPS) is 17.0. The molecule has 2 aromatic rings. The maximum Gasteiger partial charge on any atom is 0.407 e. The number of β-amino-alcohol motifs (C(OH)–C–C–N with tert-alkyl or cyclic N) is 1. The van der Waals surface area contributed by atoms with Gasteiger partial charge in [-0.05, 0) is 22.3 Å². The first kappa shape index (κ1) is 21.8. The Hall–Kier alpha value is -3.43. The third kappa shape index (κ3) is 3.92. The van der Waals surface area contributed by atoms with Gasteiger partial charge in [0, 0.05) is 13.0 Å². The van der Waals surface area contributed by atoms with Crippen LogP contribution in [-0.2, 0) is 19.1 Å². The Kier molecular flexibility index (Phi) is 5.86. The zero-order chi connectivity index (χ0) is 22.9. The lowest BCUT2D eigenvalue weighted by molar-refractivity contribution is -0.183. The first-order valence-electron chi connectivity index (χ1n) is 10.2. The van der Waals surface area contributed by atoms with E-state index >= 15 is 0 Å². The van der Waals surface area contributed by atoms with Crippen molar-refractivity contribution in [2.24, 2.45) is 0 Å². The molecule has 168 valence electrons. The van der Waals surface area contributed by atoms with E-state index in [4.69, 9.17) is 14.6 Å². The quantitative estimate of drug-likeness (QED) is 0.591. The minimum atomic E-state index is -1.96. The van der Waals surface area contributed by atoms with Crippen molar-refractivity contribution in [1.29, 1.82) is 0 Å². The second-order valence-electron chi connectivity index (χ2n) is 8.01. The molecule has 32 heavy (non-hydrogen) atoms. The van der Waals surface area contributed by atoms with Crippen molar-refractivity contribution >= 4 is 18.0 Å². The Bertz CT molecular complexity index is 1000. The van der Waals surface area contributed by atoms with E-state index in [-0.39, 0.29) is 32.2 Å². The molecule has 0 radical (unpaired) electrons. The van der Waals surface area contributed by atoms with E-state index in [1.54, 1.807) is 0 Å². The van der Waals surface area contributed by atoms with Crippen molar-refractivity contribution in [3.05, 3.63) is 59.7 Å². The number of carboxylic acid groups (broad SMARTS) is 1. The van der Waals surface area contributed by atoms with E-state index in [2.05, 4.69) is 5.32 Å². The van der Waals surface area contributed by atoms with Gasteiger partial charge in [-0.1, -0.05) is 48.5 Å². The molecule has 0 aromatic heterocycles. The van der Waals surface area contributed by atoms with Gasteiger partial charge in [-0.2, -0.15) is 0 Å². The number of nitrogens with zero attached hydrogens (tertiary/aromatic N) is 1. The zero-order valence-electron chi connectivity index (χ0n) is 17.5. The Labute approximate surface area is 184 Å². The van der Waals surface area contributed by atoms with Crippen LogP contribution >= 0.6 is 0 Å². The fraction of sp³-hybridized carbons (Fsp3) is 0.348. The number of benzene rings is 2. The van der Waals surface area contributed by atoms with Crippen LogP contribution in [0.15, 0.2) is 48.5 Å². The molecule has 9 nitrogen and oxygen atoms in total. The van der Waals surface area contributed by atoms with Crippen LogP contribution in [0.4, 0.5) is 4.79 Å². The highest BCUT2D eigenvalue weighted by molar-refractivity contribution is 5.90. The van der Waals surface area contributed by atoms with E-state index in [0.29, 0.717) is 0 Å². The van der Waals surface area contributed by atoms with Gasteiger partial charge in [0.25, 0.3) is 0 Å². The van der Waals surface area contributed by atoms with Crippen molar-refractivity contribution in [1.82, 2.24) is 10.2 Å². The van der Waals surface area contributed by atoms with Crippen molar-refractivity contribution in [2.45, 2.75) is 17.6 Å². The number of carboxylic acids is 1. The average molecular weight is 440 g/mol. The fourth-order valence-corrected chi connectivity index (χ4v) is 4.22. The van der Waals surface area contributed by atoms with Gasteiger partial charge in [0.1, 0.15) is 12.6 Å². The Morgan fingerprint density at radius 1 is 1.09 bits per heavy atom. The summed E-state index contributed by atoms with van der Waals surface area (Å²) in [7, 11) is 1.38. The number of alkyl carbamates (subject to hydrolysis) is 1. The number of fused-ring (bicyclic) bond motifs is 3. The smallest absolute Gasteiger partial charge is 0.407 e. The number of likely N-dealkylation sites (tertiary alicyclic amines) is 1. The predicted molar refractivity (Wildman–Crippen MR) is 113 cm³/mol. The molecule has 3 N–H and O–H groups in total. The monoisotopic (exact) mass is 440 g/mol. The number of hydrogen-bond donors (Lipinski definition) is 3. The molecule has 0 unspecified atom stereocenters. The van der Waals surface area contributed by atoms with Crippen LogP contribution < -0.4 is 5.32 Å². The topological polar surface area (TPSA) is 125 Å². The minimum absolute atomic E-state index is 0.0935. The third-order valence-electron chi connectivity index (χ3n) is 5.88. The fourth-order valence-electron chi connectivity index (χ4n) is 4.22. The number of nitrogens with one attached hydrogen (secondary N) is 1. The molecule has 1 atom stereocenters. The lowest BCUT2D eigenvalue weighted by Crippen LogP contribution is -2.70. The van der Waals surface area contributed by atoms with E-state index in [9.17, 15) is 19.5 Å². The summed E-state index contributed by atoms with van der Waals surface area (Å²) in [6.07, 6.45) is -0.781. The second kappa shape index (κ2) is 8.60. The molecular formula is C23H24N2O7. The molecular weight excluding hydrogens is 416 g/mol. The van der Waals surface area contributed by atoms with E-state index < -0.39 is 29.6 Å². The van der Waals surface area contributed by atoms with Gasteiger partial charge in [-0.3, -0.25) is 4.79 Å². The summed E-state index contributed by atoms with van der Waals surface area (Å²) in [5, 5.41) is 21.3. The summed E-state index contributed by atoms with van der Waals surface area (Å²) < 4.78 is 10.5. The number of aliphatic hydroxyl groups is 1. The molecule has 0 spiro atoms. The number of aliphatic carboxylic acids is 1. The Morgan fingerprint density at radius 3 is 2.19 bits per heavy atom. The maximum atomic E-state index is 12.6. The molecule has 2 amide bonds. The summed E-state index contributed by atoms with van der Waals surface area (Å²) in [6.45, 7) is -0.733. The highest BCUT2D eigenvalue weighted by Gasteiger charge is 2.51. The molecule has 1 saturated heterocycles. The van der Waals surface area contributed by atoms with Crippen LogP contribution in [0.5, 0.6) is 0 Å². The van der Waals surface area contributed by atoms with Gasteiger partial charge in [0.05, 0.1) is 19.7 Å². The Morgan fingerprint density at radius 2 is 1.66 bits per heavy atom. The molecule has 1 fully saturated rings. The SMILES string of the molecule is COC[C@H](NC(=O)OCC1c2ccccc2-c2ccccc21)C(=O)N1CC(O)(C(=O)O)C1. The largest absolute Gasteiger partial charge is 0.479 e. The first-order chi connectivity index (χ1) is 15.3. The van der Waals surface area contributed by atoms with Crippen molar-refractivity contribution in [2.75, 3.05) is 33.4 Å². The lowest BCUT2D eigenvalue weighted by Gasteiger charge is -2.44. The van der Waals surface area contributed by atoms with Crippen LogP contribution in [-0.4, -0.2) is 78.1 Å². The first-order valence-corrected chi connectivity index (χ1v) is 10.2. The third-order valence-corrected chi connectivity index (χ3v) is 5.88. The van der Waals surface area contributed by atoms with Gasteiger partial charge in [0.15, 0.2) is 5.60 Å². The van der Waals surface area contributed by atoms with Crippen LogP contribution in [0.3, 0.4) is 0 Å². The summed E-state index contributed by atoms with van der Waals surface area (Å²) in [5.41, 5.74) is 2.39. The maximum absolute atomic E-state index is 12.6. The number of ether oxygens (including phenoxy) is 2. The number of carbonyl (C=O) groups excluding carboxylic acids is 2. The highest BCUT2D eigenvalue weighted by atomic mass is 16.5. The van der Waals surface area contributed by atoms with Crippen LogP contribution in [0, 0.1) is 0 Å². The molecule has 2 aromatic carbocycles. The highest BCUT2D eigenvalue weighted by Crippen LogP contribution is 2.44. The van der Waals surface area contributed by atoms with Gasteiger partial charge in [-0.15, -0.1) is 0 Å². The van der Waals surface area contributed by atoms with E-state index in [1.165, 1.54) is 7.11 Å². The molecule has 0 saturated carbocycles. The van der Waals surface area contributed by atoms with E-state index in [0.717, 1.165) is 27.2 Å². The van der Waals surface area contributed by atoms with Gasteiger partial charge in [-0.25, -0.2) is 9.59 Å². The zero-order valence-corrected chi connectivity index (χ0v) is 17.5. The summed E-state index contributed by atoms with van der Waals surface area (Å²) >= 11 is 0. The van der Waals surface area contributed by atoms with Crippen LogP contribution in [0.25, 0.3) is 11.1 Å². The summed E-state index contributed by atoms with van der Waals surface area (Å²) in [5.74, 6) is -2.06. The summed E-state index contributed by atoms with van der Waals surface area (Å²) in [6, 6.07) is 14.8. The second-order valence-corrected chi connectivity index (χ2v) is 8.01. The number of carbonyl (C=O) groups is 3. The van der Waals surface area contributed by atoms with Gasteiger partial charge in [0.2, 0.25) is 5.91 Å². The number of methoxy groups -OCH3 is 1. The van der Waals surface area contributed by atoms with Crippen LogP contribution in [0.1, 0.15) is 17.0 Å². The average Bonchev–Trinajstić information content (AvgIpc) is 3.08. The van der Waals surface area contributed by atoms with Crippen molar-refractivity contribution in [3.63, 3.8) is 0 Å². The standard InChI is InChI=1S/C23H24N2O7/c1-31-11-19(20(26)25-12-23(30,13-25)21(27)28)24-22(29)32-10-18-16-8-4-2-6-14(16)15-7-3-5-9-17(15)18/h2-9,18-19,30H,10-13H2,1H3,(H,24,29)(H,27,28)/t19-/m0/s1. The van der Waals surface area contributed by atoms with E-state index in [1.807, 2.05) is 48.5 Å². The number of rotatable bonds is 7. The molecule has 2 aliphatic rings. The van der Waals surface area contributed by atoms with Gasteiger partial charge >= 0.3 is 12.1 Å². The molecule has 1 aliphatic heterocycles. The molecule has 0 bridgehead atoms. The lowest BCUT2D eigenvalue weighted by atomic mass is 9.93. The minimum Gasteiger partial charge on any atom is -0.479 e. The van der Waals surface area contributed by atoms with Gasteiger partial charge < -0.3 is 29.9 Å². The van der Waals surface area contributed by atoms with Crippen molar-refractivity contribution in [3.8, 4) is 11.1 Å². The molecule has 9 heteroatoms. The molecule has 4 rings (SSSR count). The molecule has 1 aliphatic carbocycles. The number of amides is 2. The summed E-state index contributed by atoms with van der Waals surface area (Å²) in [4.78, 5) is 37.3. The predicted octanol–water partition coefficient (Wildman–Crippen LogP) is 1.20. The number of hydrogen-bond acceptors (Lipinski definition) is 6. The Balaban J connectivity index is 1.39. The molecule has 1 heterocycles.